The molecule has 0 aliphatic carbocycles. The minimum absolute atomic E-state index is 0.532. The van der Waals surface area contributed by atoms with Crippen LogP contribution in [-0.4, -0.2) is 32.3 Å². The molecule has 0 aliphatic rings. The van der Waals surface area contributed by atoms with Crippen LogP contribution in [0.4, 0.5) is 0 Å². The van der Waals surface area contributed by atoms with Crippen LogP contribution in [0.1, 0.15) is 47.0 Å². The number of nitriles is 1. The fourth-order valence-electron chi connectivity index (χ4n) is 2.49. The standard InChI is InChI=1S/C15H31N2O2P/c1-13(2)15(14(3)4)20(12-17-11-16)19-10-8-6-7-9-18-5/h13-15,17H,6-10,12H2,1-5H3. The van der Waals surface area contributed by atoms with Crippen molar-refractivity contribution < 1.29 is 9.26 Å². The van der Waals surface area contributed by atoms with Crippen molar-refractivity contribution in [3.8, 4) is 6.19 Å². The molecule has 20 heavy (non-hydrogen) atoms. The largest absolute Gasteiger partial charge is 0.385 e. The zero-order valence-electron chi connectivity index (χ0n) is 13.7. The summed E-state index contributed by atoms with van der Waals surface area (Å²) in [6.45, 7) is 10.6. The number of methoxy groups -OCH3 is 1. The first-order valence-electron chi connectivity index (χ1n) is 7.55. The van der Waals surface area contributed by atoms with Crippen molar-refractivity contribution in [1.29, 1.82) is 5.26 Å². The maximum Gasteiger partial charge on any atom is 0.176 e. The molecule has 0 aromatic rings. The average molecular weight is 302 g/mol. The Labute approximate surface area is 126 Å². The van der Waals surface area contributed by atoms with E-state index in [2.05, 4.69) is 33.0 Å². The highest BCUT2D eigenvalue weighted by Crippen LogP contribution is 2.48. The van der Waals surface area contributed by atoms with Crippen LogP contribution in [0.15, 0.2) is 0 Å². The lowest BCUT2D eigenvalue weighted by atomic mass is 10.00. The molecule has 0 rings (SSSR count). The van der Waals surface area contributed by atoms with Crippen LogP contribution in [0.5, 0.6) is 0 Å². The first-order valence-corrected chi connectivity index (χ1v) is 9.06. The molecule has 0 radical (unpaired) electrons. The number of hydrogen-bond donors (Lipinski definition) is 1. The van der Waals surface area contributed by atoms with E-state index in [1.54, 1.807) is 7.11 Å². The van der Waals surface area contributed by atoms with Gasteiger partial charge < -0.3 is 14.6 Å². The molecule has 1 atom stereocenters. The summed E-state index contributed by atoms with van der Waals surface area (Å²) in [5.74, 6) is 1.16. The SMILES string of the molecule is COCCCCCOP(CNC#N)C(C(C)C)C(C)C. The van der Waals surface area contributed by atoms with Crippen molar-refractivity contribution in [2.24, 2.45) is 11.8 Å². The zero-order chi connectivity index (χ0) is 15.4. The first kappa shape index (κ1) is 19.6. The van der Waals surface area contributed by atoms with E-state index >= 15 is 0 Å². The molecule has 0 amide bonds. The van der Waals surface area contributed by atoms with Gasteiger partial charge in [-0.3, -0.25) is 0 Å². The van der Waals surface area contributed by atoms with Crippen molar-refractivity contribution in [3.63, 3.8) is 0 Å². The van der Waals surface area contributed by atoms with Gasteiger partial charge in [0.25, 0.3) is 0 Å². The van der Waals surface area contributed by atoms with Gasteiger partial charge >= 0.3 is 0 Å². The molecule has 1 N–H and O–H groups in total. The van der Waals surface area contributed by atoms with E-state index in [1.165, 1.54) is 0 Å². The van der Waals surface area contributed by atoms with Gasteiger partial charge in [0, 0.05) is 19.4 Å². The van der Waals surface area contributed by atoms with Crippen LogP contribution in [0.3, 0.4) is 0 Å². The van der Waals surface area contributed by atoms with E-state index in [-0.39, 0.29) is 0 Å². The molecular formula is C15H31N2O2P. The quantitative estimate of drug-likeness (QED) is 0.257. The lowest BCUT2D eigenvalue weighted by Crippen LogP contribution is -2.25. The Bertz CT molecular complexity index is 259. The Kier molecular flexibility index (Phi) is 12.2. The summed E-state index contributed by atoms with van der Waals surface area (Å²) in [4.78, 5) is 0. The van der Waals surface area contributed by atoms with Crippen molar-refractivity contribution in [2.75, 3.05) is 26.6 Å². The highest BCUT2D eigenvalue weighted by atomic mass is 31.1. The smallest absolute Gasteiger partial charge is 0.176 e. The number of unbranched alkanes of at least 4 members (excludes halogenated alkanes) is 2. The summed E-state index contributed by atoms with van der Waals surface area (Å²) in [5.41, 5.74) is 0.532. The Balaban J connectivity index is 4.22. The van der Waals surface area contributed by atoms with Crippen LogP contribution in [0.2, 0.25) is 0 Å². The molecule has 0 aliphatic heterocycles. The molecule has 118 valence electrons. The molecule has 0 bridgehead atoms. The van der Waals surface area contributed by atoms with E-state index in [9.17, 15) is 0 Å². The van der Waals surface area contributed by atoms with Crippen LogP contribution in [-0.2, 0) is 9.26 Å². The molecule has 5 heteroatoms. The molecule has 0 fully saturated rings. The fraction of sp³-hybridized carbons (Fsp3) is 0.933. The van der Waals surface area contributed by atoms with Crippen molar-refractivity contribution >= 4 is 8.15 Å². The Hall–Kier alpha value is -0.360. The predicted molar refractivity (Wildman–Crippen MR) is 85.7 cm³/mol. The minimum atomic E-state index is -0.598. The Morgan fingerprint density at radius 1 is 1.05 bits per heavy atom. The first-order chi connectivity index (χ1) is 9.54. The van der Waals surface area contributed by atoms with Crippen molar-refractivity contribution in [2.45, 2.75) is 52.6 Å². The minimum Gasteiger partial charge on any atom is -0.385 e. The van der Waals surface area contributed by atoms with Crippen LogP contribution >= 0.6 is 8.15 Å². The summed E-state index contributed by atoms with van der Waals surface area (Å²) in [7, 11) is 1.14. The van der Waals surface area contributed by atoms with Gasteiger partial charge in [-0.1, -0.05) is 27.7 Å². The highest BCUT2D eigenvalue weighted by Gasteiger charge is 2.28. The van der Waals surface area contributed by atoms with Crippen LogP contribution < -0.4 is 5.32 Å². The maximum absolute atomic E-state index is 8.72. The monoisotopic (exact) mass is 302 g/mol. The molecule has 0 aromatic heterocycles. The normalized spacial score (nSPS) is 12.9. The second-order valence-corrected chi connectivity index (χ2v) is 7.73. The lowest BCUT2D eigenvalue weighted by Gasteiger charge is -2.32. The second-order valence-electron chi connectivity index (χ2n) is 5.73. The van der Waals surface area contributed by atoms with E-state index in [1.807, 2.05) is 6.19 Å². The molecule has 0 spiro atoms. The molecule has 4 nitrogen and oxygen atoms in total. The summed E-state index contributed by atoms with van der Waals surface area (Å²) < 4.78 is 11.2. The van der Waals surface area contributed by atoms with Gasteiger partial charge in [-0.15, -0.1) is 0 Å². The average Bonchev–Trinajstić information content (AvgIpc) is 2.38. The van der Waals surface area contributed by atoms with Gasteiger partial charge in [0.05, 0.1) is 21.0 Å². The summed E-state index contributed by atoms with van der Waals surface area (Å²) in [6, 6.07) is 0. The van der Waals surface area contributed by atoms with Gasteiger partial charge in [-0.2, -0.15) is 5.26 Å². The summed E-state index contributed by atoms with van der Waals surface area (Å²) in [5, 5.41) is 11.5. The van der Waals surface area contributed by atoms with Gasteiger partial charge in [-0.25, -0.2) is 0 Å². The predicted octanol–water partition coefficient (Wildman–Crippen LogP) is 3.93. The third kappa shape index (κ3) is 8.74. The molecule has 0 heterocycles. The molecular weight excluding hydrogens is 271 g/mol. The third-order valence-electron chi connectivity index (χ3n) is 3.26. The highest BCUT2D eigenvalue weighted by molar-refractivity contribution is 7.53. The fourth-order valence-corrected chi connectivity index (χ4v) is 4.89. The lowest BCUT2D eigenvalue weighted by molar-refractivity contribution is 0.189. The summed E-state index contributed by atoms with van der Waals surface area (Å²) in [6.07, 6.45) is 5.98. The molecule has 1 unspecified atom stereocenters. The summed E-state index contributed by atoms with van der Waals surface area (Å²) >= 11 is 0. The van der Waals surface area contributed by atoms with Crippen LogP contribution in [0, 0.1) is 23.3 Å². The van der Waals surface area contributed by atoms with Gasteiger partial charge in [-0.05, 0) is 31.1 Å². The van der Waals surface area contributed by atoms with Gasteiger partial charge in [0.15, 0.2) is 6.19 Å². The number of ether oxygens (including phenoxy) is 1. The molecule has 0 saturated heterocycles. The number of nitrogens with zero attached hydrogens (tertiary/aromatic N) is 1. The number of hydrogen-bond acceptors (Lipinski definition) is 4. The van der Waals surface area contributed by atoms with E-state index in [0.717, 1.165) is 32.5 Å². The van der Waals surface area contributed by atoms with Crippen molar-refractivity contribution in [1.82, 2.24) is 5.32 Å². The Morgan fingerprint density at radius 3 is 2.15 bits per heavy atom. The van der Waals surface area contributed by atoms with Crippen molar-refractivity contribution in [3.05, 3.63) is 0 Å². The van der Waals surface area contributed by atoms with Gasteiger partial charge in [0.2, 0.25) is 0 Å². The number of nitrogens with one attached hydrogen (secondary N) is 1. The third-order valence-corrected chi connectivity index (χ3v) is 6.10. The Morgan fingerprint density at radius 2 is 1.65 bits per heavy atom. The zero-order valence-corrected chi connectivity index (χ0v) is 14.6. The molecule has 0 aromatic carbocycles. The van der Waals surface area contributed by atoms with Gasteiger partial charge in [0.1, 0.15) is 0 Å². The van der Waals surface area contributed by atoms with E-state index in [0.29, 0.717) is 23.8 Å². The maximum atomic E-state index is 8.72. The van der Waals surface area contributed by atoms with Crippen LogP contribution in [0.25, 0.3) is 0 Å². The molecule has 0 saturated carbocycles. The van der Waals surface area contributed by atoms with E-state index < -0.39 is 8.15 Å². The second kappa shape index (κ2) is 12.4. The topological polar surface area (TPSA) is 54.3 Å². The number of rotatable bonds is 12. The van der Waals surface area contributed by atoms with E-state index in [4.69, 9.17) is 14.5 Å².